The van der Waals surface area contributed by atoms with Gasteiger partial charge in [0.05, 0.1) is 11.0 Å². The van der Waals surface area contributed by atoms with Crippen molar-refractivity contribution in [2.75, 3.05) is 20.2 Å². The highest BCUT2D eigenvalue weighted by Gasteiger charge is 2.44. The van der Waals surface area contributed by atoms with E-state index in [-0.39, 0.29) is 22.7 Å². The summed E-state index contributed by atoms with van der Waals surface area (Å²) in [4.78, 5) is 0.180. The molecule has 22 heavy (non-hydrogen) atoms. The summed E-state index contributed by atoms with van der Waals surface area (Å²) < 4.78 is 46.1. The van der Waals surface area contributed by atoms with E-state index in [2.05, 4.69) is 0 Å². The first-order valence-corrected chi connectivity index (χ1v) is 9.16. The lowest BCUT2D eigenvalue weighted by Crippen LogP contribution is -2.33. The summed E-state index contributed by atoms with van der Waals surface area (Å²) in [5, 5.41) is 0. The van der Waals surface area contributed by atoms with Crippen molar-refractivity contribution in [3.8, 4) is 0 Å². The van der Waals surface area contributed by atoms with Crippen LogP contribution in [0.3, 0.4) is 0 Å². The van der Waals surface area contributed by atoms with Gasteiger partial charge in [-0.25, -0.2) is 12.8 Å². The number of methoxy groups -OCH3 is 1. The summed E-state index contributed by atoms with van der Waals surface area (Å²) in [6.07, 6.45) is 3.29. The summed E-state index contributed by atoms with van der Waals surface area (Å²) in [5.41, 5.74) is 0.354. The standard InChI is InChI=1S/C16H22FNO3S/c1-11-8-13(6-7-15(11)17)22(19,20)18-9-12-4-3-5-16(21-2)14(12)10-18/h6-8,12,14,16H,3-5,9-10H2,1-2H3/t12-,14+,16-/m1/s1. The molecule has 0 radical (unpaired) electrons. The Morgan fingerprint density at radius 1 is 1.27 bits per heavy atom. The van der Waals surface area contributed by atoms with E-state index in [4.69, 9.17) is 4.74 Å². The Labute approximate surface area is 131 Å². The van der Waals surface area contributed by atoms with Crippen molar-refractivity contribution < 1.29 is 17.5 Å². The number of fused-ring (bicyclic) bond motifs is 1. The van der Waals surface area contributed by atoms with Gasteiger partial charge in [-0.05, 0) is 49.4 Å². The van der Waals surface area contributed by atoms with Crippen LogP contribution in [0.2, 0.25) is 0 Å². The molecule has 3 atom stereocenters. The molecule has 1 saturated carbocycles. The van der Waals surface area contributed by atoms with E-state index in [1.807, 2.05) is 0 Å². The van der Waals surface area contributed by atoms with E-state index >= 15 is 0 Å². The number of sulfonamides is 1. The Kier molecular flexibility index (Phi) is 4.27. The molecule has 3 rings (SSSR count). The normalized spacial score (nSPS) is 29.5. The van der Waals surface area contributed by atoms with Gasteiger partial charge in [0.2, 0.25) is 10.0 Å². The van der Waals surface area contributed by atoms with E-state index in [9.17, 15) is 12.8 Å². The fourth-order valence-corrected chi connectivity index (χ4v) is 5.41. The lowest BCUT2D eigenvalue weighted by atomic mass is 9.79. The highest BCUT2D eigenvalue weighted by molar-refractivity contribution is 7.89. The molecule has 0 N–H and O–H groups in total. The average Bonchev–Trinajstić information content (AvgIpc) is 2.94. The van der Waals surface area contributed by atoms with Gasteiger partial charge in [-0.3, -0.25) is 0 Å². The zero-order valence-electron chi connectivity index (χ0n) is 13.0. The number of benzene rings is 1. The number of nitrogens with zero attached hydrogens (tertiary/aromatic N) is 1. The second kappa shape index (κ2) is 5.91. The quantitative estimate of drug-likeness (QED) is 0.857. The van der Waals surface area contributed by atoms with Gasteiger partial charge in [0.25, 0.3) is 0 Å². The van der Waals surface area contributed by atoms with E-state index in [1.54, 1.807) is 18.3 Å². The van der Waals surface area contributed by atoms with Gasteiger partial charge in [-0.1, -0.05) is 6.42 Å². The lowest BCUT2D eigenvalue weighted by Gasteiger charge is -2.31. The van der Waals surface area contributed by atoms with Crippen LogP contribution in [0.15, 0.2) is 23.1 Å². The summed E-state index contributed by atoms with van der Waals surface area (Å²) in [7, 11) is -1.85. The topological polar surface area (TPSA) is 46.6 Å². The number of hydrogen-bond donors (Lipinski definition) is 0. The molecule has 1 aliphatic carbocycles. The molecule has 1 saturated heterocycles. The van der Waals surface area contributed by atoms with Crippen molar-refractivity contribution in [3.05, 3.63) is 29.6 Å². The minimum atomic E-state index is -3.56. The molecule has 0 spiro atoms. The average molecular weight is 327 g/mol. The zero-order valence-corrected chi connectivity index (χ0v) is 13.8. The summed E-state index contributed by atoms with van der Waals surface area (Å²) in [6.45, 7) is 2.63. The Bertz CT molecular complexity index is 661. The Balaban J connectivity index is 1.86. The molecule has 0 bridgehead atoms. The van der Waals surface area contributed by atoms with Crippen molar-refractivity contribution >= 4 is 10.0 Å². The third kappa shape index (κ3) is 2.68. The van der Waals surface area contributed by atoms with Crippen molar-refractivity contribution in [2.45, 2.75) is 37.2 Å². The van der Waals surface area contributed by atoms with Crippen molar-refractivity contribution in [1.82, 2.24) is 4.31 Å². The maximum absolute atomic E-state index is 13.4. The second-order valence-electron chi connectivity index (χ2n) is 6.36. The first-order valence-electron chi connectivity index (χ1n) is 7.72. The predicted octanol–water partition coefficient (Wildman–Crippen LogP) is 2.57. The minimum Gasteiger partial charge on any atom is -0.381 e. The molecule has 1 heterocycles. The van der Waals surface area contributed by atoms with Crippen LogP contribution in [0.4, 0.5) is 4.39 Å². The van der Waals surface area contributed by atoms with E-state index in [0.717, 1.165) is 19.3 Å². The Morgan fingerprint density at radius 2 is 2.05 bits per heavy atom. The second-order valence-corrected chi connectivity index (χ2v) is 8.30. The molecular weight excluding hydrogens is 305 g/mol. The van der Waals surface area contributed by atoms with Crippen LogP contribution in [-0.2, 0) is 14.8 Å². The summed E-state index contributed by atoms with van der Waals surface area (Å²) in [6, 6.07) is 4.00. The van der Waals surface area contributed by atoms with Crippen molar-refractivity contribution in [2.24, 2.45) is 11.8 Å². The molecule has 122 valence electrons. The highest BCUT2D eigenvalue weighted by Crippen LogP contribution is 2.39. The molecule has 1 aliphatic heterocycles. The molecule has 0 unspecified atom stereocenters. The third-order valence-corrected chi connectivity index (χ3v) is 6.90. The SMILES string of the molecule is CO[C@@H]1CCC[C@@H]2CN(S(=O)(=O)c3ccc(F)c(C)c3)C[C@@H]21. The van der Waals surface area contributed by atoms with Gasteiger partial charge in [0.1, 0.15) is 5.82 Å². The largest absolute Gasteiger partial charge is 0.381 e. The van der Waals surface area contributed by atoms with Crippen LogP contribution in [0, 0.1) is 24.6 Å². The zero-order chi connectivity index (χ0) is 15.9. The molecule has 1 aromatic carbocycles. The number of rotatable bonds is 3. The first-order chi connectivity index (χ1) is 10.4. The summed E-state index contributed by atoms with van der Waals surface area (Å²) >= 11 is 0. The monoisotopic (exact) mass is 327 g/mol. The highest BCUT2D eigenvalue weighted by atomic mass is 32.2. The van der Waals surface area contributed by atoms with Crippen molar-refractivity contribution in [3.63, 3.8) is 0 Å². The van der Waals surface area contributed by atoms with E-state index in [0.29, 0.717) is 24.6 Å². The van der Waals surface area contributed by atoms with Gasteiger partial charge in [0.15, 0.2) is 0 Å². The van der Waals surface area contributed by atoms with E-state index in [1.165, 1.54) is 18.2 Å². The van der Waals surface area contributed by atoms with Crippen LogP contribution in [0.5, 0.6) is 0 Å². The van der Waals surface area contributed by atoms with Crippen LogP contribution in [-0.4, -0.2) is 39.0 Å². The van der Waals surface area contributed by atoms with Crippen LogP contribution in [0.1, 0.15) is 24.8 Å². The van der Waals surface area contributed by atoms with E-state index < -0.39 is 10.0 Å². The smallest absolute Gasteiger partial charge is 0.243 e. The maximum atomic E-state index is 13.4. The molecule has 2 fully saturated rings. The molecular formula is C16H22FNO3S. The van der Waals surface area contributed by atoms with Crippen LogP contribution >= 0.6 is 0 Å². The van der Waals surface area contributed by atoms with Crippen LogP contribution in [0.25, 0.3) is 0 Å². The predicted molar refractivity (Wildman–Crippen MR) is 81.5 cm³/mol. The Hall–Kier alpha value is -0.980. The molecule has 6 heteroatoms. The third-order valence-electron chi connectivity index (χ3n) is 5.07. The number of hydrogen-bond acceptors (Lipinski definition) is 3. The fraction of sp³-hybridized carbons (Fsp3) is 0.625. The first kappa shape index (κ1) is 15.9. The van der Waals surface area contributed by atoms with Gasteiger partial charge < -0.3 is 4.74 Å². The van der Waals surface area contributed by atoms with Gasteiger partial charge >= 0.3 is 0 Å². The lowest BCUT2D eigenvalue weighted by molar-refractivity contribution is 0.0133. The minimum absolute atomic E-state index is 0.147. The molecule has 0 aromatic heterocycles. The summed E-state index contributed by atoms with van der Waals surface area (Å²) in [5.74, 6) is 0.263. The number of halogens is 1. The number of ether oxygens (including phenoxy) is 1. The van der Waals surface area contributed by atoms with Crippen molar-refractivity contribution in [1.29, 1.82) is 0 Å². The maximum Gasteiger partial charge on any atom is 0.243 e. The molecule has 2 aliphatic rings. The molecule has 4 nitrogen and oxygen atoms in total. The van der Waals surface area contributed by atoms with Gasteiger partial charge in [0, 0.05) is 26.1 Å². The number of aryl methyl sites for hydroxylation is 1. The molecule has 1 aromatic rings. The van der Waals surface area contributed by atoms with Gasteiger partial charge in [-0.15, -0.1) is 0 Å². The van der Waals surface area contributed by atoms with Crippen LogP contribution < -0.4 is 0 Å². The fourth-order valence-electron chi connectivity index (χ4n) is 3.79. The van der Waals surface area contributed by atoms with Gasteiger partial charge in [-0.2, -0.15) is 4.31 Å². The Morgan fingerprint density at radius 3 is 2.73 bits per heavy atom. The molecule has 0 amide bonds.